The van der Waals surface area contributed by atoms with E-state index in [0.717, 1.165) is 44.6 Å². The van der Waals surface area contributed by atoms with Gasteiger partial charge in [-0.2, -0.15) is 0 Å². The van der Waals surface area contributed by atoms with Crippen molar-refractivity contribution >= 4 is 23.2 Å². The van der Waals surface area contributed by atoms with E-state index in [-0.39, 0.29) is 11.7 Å². The molecule has 7 heteroatoms. The van der Waals surface area contributed by atoms with Crippen LogP contribution in [0.15, 0.2) is 67.0 Å². The molecule has 1 saturated carbocycles. The number of nitrogens with one attached hydrogen (secondary N) is 1. The molecular formula is C24H24FN5O. The highest BCUT2D eigenvalue weighted by Crippen LogP contribution is 2.49. The minimum absolute atomic E-state index is 0.0908. The van der Waals surface area contributed by atoms with Crippen LogP contribution in [0.25, 0.3) is 0 Å². The molecule has 1 N–H and O–H groups in total. The van der Waals surface area contributed by atoms with Gasteiger partial charge in [0.15, 0.2) is 0 Å². The Morgan fingerprint density at radius 3 is 2.10 bits per heavy atom. The van der Waals surface area contributed by atoms with Gasteiger partial charge in [-0.15, -0.1) is 0 Å². The van der Waals surface area contributed by atoms with Crippen molar-refractivity contribution in [3.05, 3.63) is 78.4 Å². The van der Waals surface area contributed by atoms with Crippen molar-refractivity contribution in [3.8, 4) is 0 Å². The third-order valence-electron chi connectivity index (χ3n) is 6.16. The Hall–Kier alpha value is -3.48. The Bertz CT molecular complexity index is 1040. The lowest BCUT2D eigenvalue weighted by molar-refractivity contribution is -0.118. The molecular weight excluding hydrogens is 393 g/mol. The first-order chi connectivity index (χ1) is 15.1. The molecule has 5 rings (SSSR count). The van der Waals surface area contributed by atoms with Crippen LogP contribution in [0.4, 0.5) is 21.7 Å². The minimum Gasteiger partial charge on any atom is -0.368 e. The van der Waals surface area contributed by atoms with E-state index < -0.39 is 5.41 Å². The van der Waals surface area contributed by atoms with E-state index in [0.29, 0.717) is 11.6 Å². The molecule has 2 fully saturated rings. The van der Waals surface area contributed by atoms with Crippen LogP contribution in [0.3, 0.4) is 0 Å². The fourth-order valence-electron chi connectivity index (χ4n) is 4.14. The molecule has 2 aromatic carbocycles. The van der Waals surface area contributed by atoms with Gasteiger partial charge < -0.3 is 15.1 Å². The van der Waals surface area contributed by atoms with Gasteiger partial charge in [-0.25, -0.2) is 14.4 Å². The van der Waals surface area contributed by atoms with Crippen molar-refractivity contribution in [2.24, 2.45) is 0 Å². The van der Waals surface area contributed by atoms with Crippen molar-refractivity contribution < 1.29 is 9.18 Å². The average Bonchev–Trinajstić information content (AvgIpc) is 3.63. The number of piperazine rings is 1. The monoisotopic (exact) mass is 417 g/mol. The summed E-state index contributed by atoms with van der Waals surface area (Å²) in [6, 6.07) is 16.6. The zero-order valence-electron chi connectivity index (χ0n) is 17.2. The molecule has 31 heavy (non-hydrogen) atoms. The highest BCUT2D eigenvalue weighted by Gasteiger charge is 2.51. The van der Waals surface area contributed by atoms with Crippen molar-refractivity contribution in [2.75, 3.05) is 41.3 Å². The summed E-state index contributed by atoms with van der Waals surface area (Å²) in [4.78, 5) is 26.3. The topological polar surface area (TPSA) is 61.4 Å². The summed E-state index contributed by atoms with van der Waals surface area (Å²) in [7, 11) is 0. The summed E-state index contributed by atoms with van der Waals surface area (Å²) in [6.45, 7) is 3.50. The van der Waals surface area contributed by atoms with Gasteiger partial charge in [-0.05, 0) is 42.7 Å². The predicted molar refractivity (Wildman–Crippen MR) is 119 cm³/mol. The van der Waals surface area contributed by atoms with Crippen LogP contribution in [0.5, 0.6) is 0 Å². The number of rotatable bonds is 5. The second-order valence-corrected chi connectivity index (χ2v) is 8.12. The van der Waals surface area contributed by atoms with Gasteiger partial charge in [0.2, 0.25) is 11.9 Å². The average molecular weight is 417 g/mol. The molecule has 3 aromatic rings. The van der Waals surface area contributed by atoms with Crippen LogP contribution in [-0.2, 0) is 10.2 Å². The number of nitrogens with zero attached hydrogens (tertiary/aromatic N) is 4. The van der Waals surface area contributed by atoms with Gasteiger partial charge in [0.1, 0.15) is 5.82 Å². The van der Waals surface area contributed by atoms with Gasteiger partial charge in [0.25, 0.3) is 0 Å². The highest BCUT2D eigenvalue weighted by molar-refractivity contribution is 6.01. The number of carbonyl (C=O) groups is 1. The molecule has 2 aliphatic rings. The molecule has 0 atom stereocenters. The van der Waals surface area contributed by atoms with Crippen LogP contribution in [0.1, 0.15) is 18.4 Å². The zero-order chi connectivity index (χ0) is 21.3. The molecule has 0 unspecified atom stereocenters. The molecule has 6 nitrogen and oxygen atoms in total. The number of hydrogen-bond donors (Lipinski definition) is 1. The number of aromatic nitrogens is 2. The Morgan fingerprint density at radius 2 is 1.48 bits per heavy atom. The Kier molecular flexibility index (Phi) is 5.02. The number of para-hydroxylation sites is 1. The van der Waals surface area contributed by atoms with E-state index in [2.05, 4.69) is 49.4 Å². The number of amides is 1. The van der Waals surface area contributed by atoms with Crippen molar-refractivity contribution in [1.82, 2.24) is 9.97 Å². The van der Waals surface area contributed by atoms with E-state index in [1.54, 1.807) is 24.5 Å². The molecule has 1 aliphatic heterocycles. The Balaban J connectivity index is 1.20. The zero-order valence-corrected chi connectivity index (χ0v) is 17.2. The predicted octanol–water partition coefficient (Wildman–Crippen LogP) is 3.61. The molecule has 0 radical (unpaired) electrons. The van der Waals surface area contributed by atoms with E-state index in [9.17, 15) is 9.18 Å². The maximum absolute atomic E-state index is 13.2. The maximum atomic E-state index is 13.2. The second-order valence-electron chi connectivity index (χ2n) is 8.12. The quantitative estimate of drug-likeness (QED) is 0.687. The maximum Gasteiger partial charge on any atom is 0.235 e. The molecule has 1 saturated heterocycles. The Morgan fingerprint density at radius 1 is 0.871 bits per heavy atom. The SMILES string of the molecule is O=C(Nc1cnc(N2CCN(c3ccccc3)CC2)nc1)C1(c2ccc(F)cc2)CC1. The number of hydrogen-bond acceptors (Lipinski definition) is 5. The summed E-state index contributed by atoms with van der Waals surface area (Å²) in [5.41, 5.74) is 2.08. The standard InChI is InChI=1S/C24H24FN5O/c25-19-8-6-18(7-9-19)24(10-11-24)22(31)28-20-16-26-23(27-17-20)30-14-12-29(13-15-30)21-4-2-1-3-5-21/h1-9,16-17H,10-15H2,(H,28,31). The summed E-state index contributed by atoms with van der Waals surface area (Å²) >= 11 is 0. The molecule has 0 bridgehead atoms. The molecule has 0 spiro atoms. The van der Waals surface area contributed by atoms with E-state index in [1.165, 1.54) is 17.8 Å². The van der Waals surface area contributed by atoms with Crippen LogP contribution in [0.2, 0.25) is 0 Å². The van der Waals surface area contributed by atoms with E-state index in [4.69, 9.17) is 0 Å². The number of anilines is 3. The first-order valence-corrected chi connectivity index (χ1v) is 10.6. The summed E-state index contributed by atoms with van der Waals surface area (Å²) in [5, 5.41) is 2.93. The lowest BCUT2D eigenvalue weighted by atomic mass is 9.95. The minimum atomic E-state index is -0.569. The molecule has 2 heterocycles. The summed E-state index contributed by atoms with van der Waals surface area (Å²) < 4.78 is 13.2. The van der Waals surface area contributed by atoms with Gasteiger partial charge >= 0.3 is 0 Å². The molecule has 1 aromatic heterocycles. The lowest BCUT2D eigenvalue weighted by Crippen LogP contribution is -2.47. The third kappa shape index (κ3) is 3.95. The van der Waals surface area contributed by atoms with E-state index in [1.807, 2.05) is 6.07 Å². The van der Waals surface area contributed by atoms with Gasteiger partial charge in [0.05, 0.1) is 23.5 Å². The smallest absolute Gasteiger partial charge is 0.235 e. The largest absolute Gasteiger partial charge is 0.368 e. The fourth-order valence-corrected chi connectivity index (χ4v) is 4.14. The van der Waals surface area contributed by atoms with E-state index >= 15 is 0 Å². The van der Waals surface area contributed by atoms with Crippen molar-refractivity contribution in [2.45, 2.75) is 18.3 Å². The highest BCUT2D eigenvalue weighted by atomic mass is 19.1. The van der Waals surface area contributed by atoms with Crippen LogP contribution in [-0.4, -0.2) is 42.1 Å². The first kappa shape index (κ1) is 19.5. The normalized spacial score (nSPS) is 17.3. The number of carbonyl (C=O) groups excluding carboxylic acids is 1. The van der Waals surface area contributed by atoms with Crippen molar-refractivity contribution in [3.63, 3.8) is 0 Å². The van der Waals surface area contributed by atoms with Gasteiger partial charge in [0, 0.05) is 31.9 Å². The van der Waals surface area contributed by atoms with Gasteiger partial charge in [-0.1, -0.05) is 30.3 Å². The van der Waals surface area contributed by atoms with Gasteiger partial charge in [-0.3, -0.25) is 4.79 Å². The number of halogens is 1. The van der Waals surface area contributed by atoms with Crippen LogP contribution < -0.4 is 15.1 Å². The molecule has 1 amide bonds. The Labute approximate surface area is 180 Å². The fraction of sp³-hybridized carbons (Fsp3) is 0.292. The summed E-state index contributed by atoms with van der Waals surface area (Å²) in [5.74, 6) is 0.283. The molecule has 158 valence electrons. The van der Waals surface area contributed by atoms with Crippen LogP contribution in [0, 0.1) is 5.82 Å². The van der Waals surface area contributed by atoms with Crippen molar-refractivity contribution in [1.29, 1.82) is 0 Å². The number of benzene rings is 2. The lowest BCUT2D eigenvalue weighted by Gasteiger charge is -2.36. The summed E-state index contributed by atoms with van der Waals surface area (Å²) in [6.07, 6.45) is 4.83. The molecule has 1 aliphatic carbocycles. The van der Waals surface area contributed by atoms with Crippen LogP contribution >= 0.6 is 0 Å². The third-order valence-corrected chi connectivity index (χ3v) is 6.16. The second kappa shape index (κ2) is 7.98. The first-order valence-electron chi connectivity index (χ1n) is 10.6.